The first kappa shape index (κ1) is 17.9. The van der Waals surface area contributed by atoms with Crippen LogP contribution in [0.3, 0.4) is 0 Å². The van der Waals surface area contributed by atoms with E-state index in [2.05, 4.69) is 4.99 Å². The monoisotopic (exact) mass is 329 g/mol. The van der Waals surface area contributed by atoms with Crippen LogP contribution < -0.4 is 0 Å². The highest BCUT2D eigenvalue weighted by molar-refractivity contribution is 6.25. The van der Waals surface area contributed by atoms with Crippen molar-refractivity contribution in [2.24, 2.45) is 4.99 Å². The van der Waals surface area contributed by atoms with Crippen molar-refractivity contribution in [2.45, 2.75) is 51.5 Å². The molecule has 128 valence electrons. The standard InChI is InChI=1S/C19H23NO4/c1-3-7-16(21)18-15(20-12(2)19(23)24)10-14(11-17(18)22)13-8-5-4-6-9-13/h4-6,8-9,12,14,21H,3,7,10-11H2,1-2H3,(H,23,24)/t12-,14+/m0/s1. The highest BCUT2D eigenvalue weighted by Gasteiger charge is 2.32. The molecule has 0 aliphatic heterocycles. The van der Waals surface area contributed by atoms with Crippen LogP contribution in [0.5, 0.6) is 0 Å². The second-order valence-corrected chi connectivity index (χ2v) is 6.10. The number of aliphatic hydroxyl groups is 1. The third-order valence-electron chi connectivity index (χ3n) is 4.19. The Bertz CT molecular complexity index is 676. The normalized spacial score (nSPS) is 23.2. The first-order valence-electron chi connectivity index (χ1n) is 8.24. The molecule has 0 bridgehead atoms. The third kappa shape index (κ3) is 4.10. The van der Waals surface area contributed by atoms with Gasteiger partial charge in [-0.2, -0.15) is 0 Å². The molecule has 1 aliphatic carbocycles. The first-order chi connectivity index (χ1) is 11.4. The minimum Gasteiger partial charge on any atom is -0.511 e. The summed E-state index contributed by atoms with van der Waals surface area (Å²) in [7, 11) is 0. The highest BCUT2D eigenvalue weighted by atomic mass is 16.4. The number of allylic oxidation sites excluding steroid dienone is 2. The summed E-state index contributed by atoms with van der Waals surface area (Å²) in [5.74, 6) is -1.24. The lowest BCUT2D eigenvalue weighted by Crippen LogP contribution is -2.28. The Morgan fingerprint density at radius 2 is 1.92 bits per heavy atom. The molecular formula is C19H23NO4. The smallest absolute Gasteiger partial charge is 0.328 e. The number of benzene rings is 1. The van der Waals surface area contributed by atoms with Crippen molar-refractivity contribution in [3.05, 3.63) is 47.2 Å². The van der Waals surface area contributed by atoms with E-state index in [9.17, 15) is 14.7 Å². The summed E-state index contributed by atoms with van der Waals surface area (Å²) in [6.45, 7) is 3.38. The van der Waals surface area contributed by atoms with E-state index in [1.165, 1.54) is 6.92 Å². The fourth-order valence-corrected chi connectivity index (χ4v) is 2.95. The second-order valence-electron chi connectivity index (χ2n) is 6.10. The summed E-state index contributed by atoms with van der Waals surface area (Å²) in [5, 5.41) is 19.4. The van der Waals surface area contributed by atoms with Gasteiger partial charge in [-0.05, 0) is 31.2 Å². The molecule has 2 atom stereocenters. The molecule has 24 heavy (non-hydrogen) atoms. The number of aliphatic carboxylic acids is 1. The van der Waals surface area contributed by atoms with Gasteiger partial charge in [0.25, 0.3) is 0 Å². The number of aliphatic imine (C=N–C) groups is 1. The summed E-state index contributed by atoms with van der Waals surface area (Å²) in [5.41, 5.74) is 1.65. The number of ketones is 1. The van der Waals surface area contributed by atoms with Crippen LogP contribution in [0.4, 0.5) is 0 Å². The van der Waals surface area contributed by atoms with Crippen molar-refractivity contribution >= 4 is 17.5 Å². The maximum absolute atomic E-state index is 12.6. The van der Waals surface area contributed by atoms with E-state index in [1.807, 2.05) is 37.3 Å². The molecule has 2 N–H and O–H groups in total. The number of Topliss-reactive ketones (excluding diaryl/α,β-unsaturated/α-hetero) is 1. The molecule has 2 rings (SSSR count). The van der Waals surface area contributed by atoms with Gasteiger partial charge in [-0.25, -0.2) is 4.79 Å². The van der Waals surface area contributed by atoms with E-state index in [-0.39, 0.29) is 23.0 Å². The van der Waals surface area contributed by atoms with Gasteiger partial charge in [0.1, 0.15) is 11.8 Å². The van der Waals surface area contributed by atoms with E-state index < -0.39 is 12.0 Å². The maximum atomic E-state index is 12.6. The predicted octanol–water partition coefficient (Wildman–Crippen LogP) is 3.66. The molecule has 0 aromatic heterocycles. The van der Waals surface area contributed by atoms with Crippen LogP contribution in [0, 0.1) is 0 Å². The fraction of sp³-hybridized carbons (Fsp3) is 0.421. The van der Waals surface area contributed by atoms with E-state index in [0.717, 1.165) is 5.56 Å². The number of nitrogens with zero attached hydrogens (tertiary/aromatic N) is 1. The van der Waals surface area contributed by atoms with E-state index in [4.69, 9.17) is 5.11 Å². The fourth-order valence-electron chi connectivity index (χ4n) is 2.95. The molecule has 5 heteroatoms. The molecular weight excluding hydrogens is 306 g/mol. The van der Waals surface area contributed by atoms with Gasteiger partial charge in [0, 0.05) is 12.8 Å². The number of hydrogen-bond acceptors (Lipinski definition) is 4. The van der Waals surface area contributed by atoms with Crippen molar-refractivity contribution in [2.75, 3.05) is 0 Å². The van der Waals surface area contributed by atoms with Gasteiger partial charge in [-0.15, -0.1) is 0 Å². The Morgan fingerprint density at radius 3 is 2.50 bits per heavy atom. The predicted molar refractivity (Wildman–Crippen MR) is 92.5 cm³/mol. The van der Waals surface area contributed by atoms with Crippen molar-refractivity contribution < 1.29 is 19.8 Å². The number of rotatable bonds is 5. The van der Waals surface area contributed by atoms with Crippen molar-refractivity contribution in [3.8, 4) is 0 Å². The molecule has 0 saturated heterocycles. The van der Waals surface area contributed by atoms with Crippen molar-refractivity contribution in [1.29, 1.82) is 0 Å². The number of carbonyl (C=O) groups is 2. The zero-order valence-corrected chi connectivity index (χ0v) is 14.0. The van der Waals surface area contributed by atoms with Crippen LogP contribution in [0.1, 0.15) is 51.0 Å². The Balaban J connectivity index is 2.42. The van der Waals surface area contributed by atoms with E-state index in [0.29, 0.717) is 31.4 Å². The zero-order chi connectivity index (χ0) is 17.7. The zero-order valence-electron chi connectivity index (χ0n) is 14.0. The highest BCUT2D eigenvalue weighted by Crippen LogP contribution is 2.34. The molecule has 1 aromatic rings. The Morgan fingerprint density at radius 1 is 1.25 bits per heavy atom. The molecule has 1 aliphatic rings. The lowest BCUT2D eigenvalue weighted by Gasteiger charge is -2.26. The molecule has 0 radical (unpaired) electrons. The molecule has 0 spiro atoms. The lowest BCUT2D eigenvalue weighted by atomic mass is 9.78. The SMILES string of the molecule is CCCC(O)=C1C(=O)C[C@H](c2ccccc2)CC1=N[C@@H](C)C(=O)O. The first-order valence-corrected chi connectivity index (χ1v) is 8.24. The summed E-state index contributed by atoms with van der Waals surface area (Å²) >= 11 is 0. The van der Waals surface area contributed by atoms with Gasteiger partial charge in [0.05, 0.1) is 11.3 Å². The second kappa shape index (κ2) is 7.90. The van der Waals surface area contributed by atoms with E-state index in [1.54, 1.807) is 0 Å². The Hall–Kier alpha value is -2.43. The minimum atomic E-state index is -1.05. The van der Waals surface area contributed by atoms with Crippen LogP contribution in [-0.4, -0.2) is 33.7 Å². The molecule has 1 saturated carbocycles. The number of aliphatic hydroxyl groups excluding tert-OH is 1. The molecule has 0 amide bonds. The molecule has 5 nitrogen and oxygen atoms in total. The van der Waals surface area contributed by atoms with Gasteiger partial charge in [-0.1, -0.05) is 37.3 Å². The Labute approximate surface area is 141 Å². The maximum Gasteiger partial charge on any atom is 0.328 e. The van der Waals surface area contributed by atoms with Gasteiger partial charge < -0.3 is 10.2 Å². The molecule has 0 heterocycles. The quantitative estimate of drug-likeness (QED) is 0.637. The molecule has 0 unspecified atom stereocenters. The summed E-state index contributed by atoms with van der Waals surface area (Å²) < 4.78 is 0. The average Bonchev–Trinajstić information content (AvgIpc) is 2.55. The van der Waals surface area contributed by atoms with Gasteiger partial charge in [-0.3, -0.25) is 9.79 Å². The van der Waals surface area contributed by atoms with Crippen molar-refractivity contribution in [3.63, 3.8) is 0 Å². The number of carboxylic acids is 1. The summed E-state index contributed by atoms with van der Waals surface area (Å²) in [4.78, 5) is 28.0. The minimum absolute atomic E-state index is 0.0188. The largest absolute Gasteiger partial charge is 0.511 e. The van der Waals surface area contributed by atoms with Crippen LogP contribution in [0.2, 0.25) is 0 Å². The van der Waals surface area contributed by atoms with Gasteiger partial charge in [0.15, 0.2) is 5.78 Å². The van der Waals surface area contributed by atoms with Gasteiger partial charge >= 0.3 is 5.97 Å². The molecule has 1 fully saturated rings. The van der Waals surface area contributed by atoms with Crippen LogP contribution in [-0.2, 0) is 9.59 Å². The van der Waals surface area contributed by atoms with Crippen molar-refractivity contribution in [1.82, 2.24) is 0 Å². The number of carbonyl (C=O) groups excluding carboxylic acids is 1. The van der Waals surface area contributed by atoms with E-state index >= 15 is 0 Å². The van der Waals surface area contributed by atoms with Gasteiger partial charge in [0.2, 0.25) is 0 Å². The summed E-state index contributed by atoms with van der Waals surface area (Å²) in [6.07, 6.45) is 1.84. The number of hydrogen-bond donors (Lipinski definition) is 2. The Kier molecular flexibility index (Phi) is 5.90. The number of carboxylic acid groups (broad SMARTS) is 1. The third-order valence-corrected chi connectivity index (χ3v) is 4.19. The molecule has 1 aromatic carbocycles. The summed E-state index contributed by atoms with van der Waals surface area (Å²) in [6, 6.07) is 8.70. The van der Waals surface area contributed by atoms with Crippen LogP contribution >= 0.6 is 0 Å². The van der Waals surface area contributed by atoms with Crippen LogP contribution in [0.15, 0.2) is 46.7 Å². The van der Waals surface area contributed by atoms with Crippen LogP contribution in [0.25, 0.3) is 0 Å². The average molecular weight is 329 g/mol. The lowest BCUT2D eigenvalue weighted by molar-refractivity contribution is -0.138. The topological polar surface area (TPSA) is 87.0 Å².